The molecule has 118 valence electrons. The maximum absolute atomic E-state index is 13.9. The van der Waals surface area contributed by atoms with Gasteiger partial charge in [-0.25, -0.2) is 17.2 Å². The van der Waals surface area contributed by atoms with Gasteiger partial charge >= 0.3 is 0 Å². The average molecular weight is 384 g/mol. The molecular weight excluding hydrogens is 368 g/mol. The molecule has 0 spiro atoms. The number of nitrogens with zero attached hydrogens (tertiary/aromatic N) is 1. The molecule has 1 fully saturated rings. The van der Waals surface area contributed by atoms with Crippen molar-refractivity contribution in [3.63, 3.8) is 0 Å². The van der Waals surface area contributed by atoms with Crippen LogP contribution in [-0.4, -0.2) is 38.5 Å². The van der Waals surface area contributed by atoms with E-state index in [4.69, 9.17) is 4.74 Å². The van der Waals surface area contributed by atoms with Crippen LogP contribution in [0.3, 0.4) is 0 Å². The molecule has 0 N–H and O–H groups in total. The molecule has 1 aliphatic rings. The van der Waals surface area contributed by atoms with Crippen molar-refractivity contribution in [2.45, 2.75) is 30.8 Å². The lowest BCUT2D eigenvalue weighted by molar-refractivity contribution is 0.0290. The predicted molar refractivity (Wildman–Crippen MR) is 77.5 cm³/mol. The minimum atomic E-state index is -3.99. The predicted octanol–water partition coefficient (Wildman–Crippen LogP) is 2.92. The van der Waals surface area contributed by atoms with Gasteiger partial charge < -0.3 is 4.74 Å². The van der Waals surface area contributed by atoms with Crippen molar-refractivity contribution in [1.29, 1.82) is 0 Å². The van der Waals surface area contributed by atoms with E-state index in [1.165, 1.54) is 4.31 Å². The summed E-state index contributed by atoms with van der Waals surface area (Å²) < 4.78 is 58.5. The van der Waals surface area contributed by atoms with E-state index in [-0.39, 0.29) is 23.7 Å². The number of rotatable bonds is 4. The van der Waals surface area contributed by atoms with Gasteiger partial charge in [0.2, 0.25) is 10.0 Å². The molecule has 1 aromatic rings. The van der Waals surface area contributed by atoms with Crippen LogP contribution in [-0.2, 0) is 14.8 Å². The van der Waals surface area contributed by atoms with Gasteiger partial charge in [0.1, 0.15) is 16.5 Å². The monoisotopic (exact) mass is 383 g/mol. The van der Waals surface area contributed by atoms with E-state index < -0.39 is 26.6 Å². The van der Waals surface area contributed by atoms with Gasteiger partial charge in [-0.2, -0.15) is 4.31 Å². The van der Waals surface area contributed by atoms with Gasteiger partial charge in [-0.3, -0.25) is 0 Å². The molecule has 0 unspecified atom stereocenters. The highest BCUT2D eigenvalue weighted by Gasteiger charge is 2.33. The molecule has 0 aliphatic carbocycles. The zero-order valence-electron chi connectivity index (χ0n) is 11.5. The Kier molecular flexibility index (Phi) is 5.34. The van der Waals surface area contributed by atoms with Crippen molar-refractivity contribution >= 4 is 26.0 Å². The highest BCUT2D eigenvalue weighted by molar-refractivity contribution is 9.10. The van der Waals surface area contributed by atoms with Crippen LogP contribution in [0.5, 0.6) is 0 Å². The molecule has 8 heteroatoms. The van der Waals surface area contributed by atoms with Crippen molar-refractivity contribution < 1.29 is 21.9 Å². The smallest absolute Gasteiger partial charge is 0.247 e. The Bertz CT molecular complexity index is 593. The number of sulfonamides is 1. The highest BCUT2D eigenvalue weighted by Crippen LogP contribution is 2.30. The van der Waals surface area contributed by atoms with Crippen LogP contribution in [0.15, 0.2) is 21.5 Å². The molecule has 21 heavy (non-hydrogen) atoms. The highest BCUT2D eigenvalue weighted by atomic mass is 79.9. The number of ether oxygens (including phenoxy) is 1. The van der Waals surface area contributed by atoms with Gasteiger partial charge in [-0.05, 0) is 41.8 Å². The lowest BCUT2D eigenvalue weighted by atomic mass is 10.1. The van der Waals surface area contributed by atoms with Crippen molar-refractivity contribution in [3.8, 4) is 0 Å². The second-order valence-corrected chi connectivity index (χ2v) is 7.49. The zero-order chi connectivity index (χ0) is 15.6. The van der Waals surface area contributed by atoms with Crippen molar-refractivity contribution in [1.82, 2.24) is 4.31 Å². The second kappa shape index (κ2) is 6.68. The summed E-state index contributed by atoms with van der Waals surface area (Å²) in [6.07, 6.45) is 1.16. The number of hydrogen-bond donors (Lipinski definition) is 0. The molecule has 0 amide bonds. The molecule has 0 saturated carbocycles. The van der Waals surface area contributed by atoms with E-state index in [1.807, 2.05) is 6.92 Å². The van der Waals surface area contributed by atoms with Crippen LogP contribution < -0.4 is 0 Å². The lowest BCUT2D eigenvalue weighted by Crippen LogP contribution is -2.41. The van der Waals surface area contributed by atoms with Gasteiger partial charge in [-0.1, -0.05) is 0 Å². The largest absolute Gasteiger partial charge is 0.378 e. The van der Waals surface area contributed by atoms with E-state index in [0.29, 0.717) is 25.5 Å². The molecule has 2 rings (SSSR count). The summed E-state index contributed by atoms with van der Waals surface area (Å²) in [5.74, 6) is -1.91. The van der Waals surface area contributed by atoms with E-state index in [9.17, 15) is 17.2 Å². The Balaban J connectivity index is 2.24. The molecule has 0 atom stereocenters. The molecule has 4 nitrogen and oxygen atoms in total. The Morgan fingerprint density at radius 2 is 1.95 bits per heavy atom. The van der Waals surface area contributed by atoms with Crippen molar-refractivity contribution in [2.75, 3.05) is 19.7 Å². The minimum Gasteiger partial charge on any atom is -0.378 e. The third-order valence-electron chi connectivity index (χ3n) is 3.36. The number of hydrogen-bond acceptors (Lipinski definition) is 3. The van der Waals surface area contributed by atoms with Crippen molar-refractivity contribution in [3.05, 3.63) is 28.2 Å². The fraction of sp³-hybridized carbons (Fsp3) is 0.538. The van der Waals surface area contributed by atoms with Gasteiger partial charge in [0.15, 0.2) is 0 Å². The van der Waals surface area contributed by atoms with Gasteiger partial charge in [0, 0.05) is 30.2 Å². The first-order valence-corrected chi connectivity index (χ1v) is 8.86. The summed E-state index contributed by atoms with van der Waals surface area (Å²) in [6.45, 7) is 2.98. The third kappa shape index (κ3) is 3.61. The fourth-order valence-corrected chi connectivity index (χ4v) is 4.96. The van der Waals surface area contributed by atoms with Crippen molar-refractivity contribution in [2.24, 2.45) is 0 Å². The maximum atomic E-state index is 13.9. The molecule has 0 radical (unpaired) electrons. The molecule has 0 aromatic heterocycles. The van der Waals surface area contributed by atoms with E-state index in [0.717, 1.165) is 6.07 Å². The summed E-state index contributed by atoms with van der Waals surface area (Å²) in [5.41, 5.74) is 0. The van der Waals surface area contributed by atoms with Gasteiger partial charge in [0.25, 0.3) is 0 Å². The first kappa shape index (κ1) is 16.8. The summed E-state index contributed by atoms with van der Waals surface area (Å²) in [4.78, 5) is -0.515. The van der Waals surface area contributed by atoms with Crippen LogP contribution in [0.4, 0.5) is 8.78 Å². The Morgan fingerprint density at radius 3 is 2.48 bits per heavy atom. The maximum Gasteiger partial charge on any atom is 0.247 e. The van der Waals surface area contributed by atoms with Crippen LogP contribution in [0.1, 0.15) is 19.8 Å². The first-order valence-electron chi connectivity index (χ1n) is 6.62. The molecule has 1 aliphatic heterocycles. The normalized spacial score (nSPS) is 18.1. The quantitative estimate of drug-likeness (QED) is 0.802. The van der Waals surface area contributed by atoms with Crippen LogP contribution in [0.25, 0.3) is 0 Å². The minimum absolute atomic E-state index is 0.0305. The molecular formula is C13H16BrF2NO3S. The second-order valence-electron chi connectivity index (χ2n) is 4.76. The Labute approximate surface area is 131 Å². The number of benzene rings is 1. The van der Waals surface area contributed by atoms with Crippen LogP contribution in [0, 0.1) is 11.6 Å². The van der Waals surface area contributed by atoms with Gasteiger partial charge in [-0.15, -0.1) is 0 Å². The first-order chi connectivity index (χ1) is 9.86. The summed E-state index contributed by atoms with van der Waals surface area (Å²) in [7, 11) is -3.99. The zero-order valence-corrected chi connectivity index (χ0v) is 13.9. The third-order valence-corrected chi connectivity index (χ3v) is 6.23. The SMILES string of the molecule is CCOC1CCN(S(=O)(=O)c2c(F)cc(F)cc2Br)CC1. The topological polar surface area (TPSA) is 46.6 Å². The fourth-order valence-electron chi connectivity index (χ4n) is 2.38. The number of piperidine rings is 1. The molecule has 1 saturated heterocycles. The van der Waals surface area contributed by atoms with Crippen LogP contribution in [0.2, 0.25) is 0 Å². The Morgan fingerprint density at radius 1 is 1.33 bits per heavy atom. The Hall–Kier alpha value is -0.570. The molecule has 1 aromatic carbocycles. The number of halogens is 3. The molecule has 1 heterocycles. The van der Waals surface area contributed by atoms with E-state index in [1.54, 1.807) is 0 Å². The standard InChI is InChI=1S/C13H16BrF2NO3S/c1-2-20-10-3-5-17(6-4-10)21(18,19)13-11(14)7-9(15)8-12(13)16/h7-8,10H,2-6H2,1H3. The summed E-state index contributed by atoms with van der Waals surface area (Å²) in [6, 6.07) is 1.52. The van der Waals surface area contributed by atoms with E-state index in [2.05, 4.69) is 15.9 Å². The molecule has 0 bridgehead atoms. The van der Waals surface area contributed by atoms with Crippen LogP contribution >= 0.6 is 15.9 Å². The lowest BCUT2D eigenvalue weighted by Gasteiger charge is -2.31. The summed E-state index contributed by atoms with van der Waals surface area (Å²) >= 11 is 2.93. The average Bonchev–Trinajstić information content (AvgIpc) is 2.38. The summed E-state index contributed by atoms with van der Waals surface area (Å²) in [5, 5.41) is 0. The van der Waals surface area contributed by atoms with E-state index >= 15 is 0 Å². The van der Waals surface area contributed by atoms with Gasteiger partial charge in [0.05, 0.1) is 6.10 Å².